The van der Waals surface area contributed by atoms with Crippen molar-refractivity contribution in [2.75, 3.05) is 0 Å². The van der Waals surface area contributed by atoms with Crippen LogP contribution in [0.4, 0.5) is 0 Å². The van der Waals surface area contributed by atoms with Gasteiger partial charge in [0.2, 0.25) is 0 Å². The van der Waals surface area contributed by atoms with Crippen LogP contribution in [0.1, 0.15) is 19.2 Å². The van der Waals surface area contributed by atoms with Gasteiger partial charge in [0, 0.05) is 10.8 Å². The van der Waals surface area contributed by atoms with E-state index in [1.165, 1.54) is 0 Å². The summed E-state index contributed by atoms with van der Waals surface area (Å²) in [7, 11) is 0. The second-order valence-electron chi connectivity index (χ2n) is 10.6. The molecule has 0 bridgehead atoms. The Balaban J connectivity index is 1.26. The monoisotopic (exact) mass is 586 g/mol. The van der Waals surface area contributed by atoms with Gasteiger partial charge in [0.15, 0.2) is 0 Å². The lowest BCUT2D eigenvalue weighted by atomic mass is 9.85. The fraction of sp³-hybridized carbons (Fsp3) is 0. The zero-order valence-corrected chi connectivity index (χ0v) is 23.5. The van der Waals surface area contributed by atoms with Crippen molar-refractivity contribution >= 4 is 43.5 Å². The molecule has 1 aromatic heterocycles. The number of hydrogen-bond acceptors (Lipinski definition) is 1. The Hall–Kier alpha value is -5.92. The third-order valence-corrected chi connectivity index (χ3v) is 8.11. The zero-order valence-electron chi connectivity index (χ0n) is 37.5. The number of fused-ring (bicyclic) bond motifs is 5. The molecule has 0 amide bonds. The first-order valence-corrected chi connectivity index (χ1v) is 14.3. The highest BCUT2D eigenvalue weighted by Crippen LogP contribution is 2.45. The molecule has 1 nitrogen and oxygen atoms in total. The van der Waals surface area contributed by atoms with E-state index in [-0.39, 0.29) is 28.8 Å². The van der Waals surface area contributed by atoms with Crippen molar-refractivity contribution in [2.45, 2.75) is 0 Å². The van der Waals surface area contributed by atoms with E-state index in [9.17, 15) is 2.74 Å². The van der Waals surface area contributed by atoms with Crippen LogP contribution in [0, 0.1) is 0 Å². The quantitative estimate of drug-likeness (QED) is 0.187. The Morgan fingerprint density at radius 3 is 1.27 bits per heavy atom. The molecule has 0 saturated heterocycles. The van der Waals surface area contributed by atoms with Crippen LogP contribution in [0.3, 0.4) is 0 Å². The van der Waals surface area contributed by atoms with Gasteiger partial charge in [0.05, 0.1) is 19.2 Å². The lowest BCUT2D eigenvalue weighted by Gasteiger charge is -2.18. The third-order valence-electron chi connectivity index (χ3n) is 8.11. The fourth-order valence-electron chi connectivity index (χ4n) is 6.13. The van der Waals surface area contributed by atoms with Crippen molar-refractivity contribution in [3.63, 3.8) is 0 Å². The van der Waals surface area contributed by atoms with Crippen LogP contribution < -0.4 is 0 Å². The van der Waals surface area contributed by atoms with Crippen molar-refractivity contribution in [3.8, 4) is 44.5 Å². The summed E-state index contributed by atoms with van der Waals surface area (Å²) >= 11 is 0. The van der Waals surface area contributed by atoms with Crippen LogP contribution in [0.2, 0.25) is 0 Å². The van der Waals surface area contributed by atoms with E-state index >= 15 is 0 Å². The van der Waals surface area contributed by atoms with Crippen LogP contribution in [-0.2, 0) is 0 Å². The van der Waals surface area contributed by atoms with Crippen LogP contribution in [0.5, 0.6) is 0 Å². The molecule has 0 fully saturated rings. The van der Waals surface area contributed by atoms with E-state index in [0.717, 1.165) is 32.7 Å². The highest BCUT2D eigenvalue weighted by atomic mass is 16.3. The van der Waals surface area contributed by atoms with Gasteiger partial charge >= 0.3 is 0 Å². The summed E-state index contributed by atoms with van der Waals surface area (Å²) in [6, 6.07) is 18.8. The molecule has 0 aliphatic heterocycles. The molecule has 0 N–H and O–H groups in total. The highest BCUT2D eigenvalue weighted by molar-refractivity contribution is 6.22. The van der Waals surface area contributed by atoms with Crippen molar-refractivity contribution in [3.05, 3.63) is 170 Å². The summed E-state index contributed by atoms with van der Waals surface area (Å²) in [4.78, 5) is 0. The minimum atomic E-state index is -0.645. The molecule has 9 rings (SSSR count). The summed E-state index contributed by atoms with van der Waals surface area (Å²) in [5, 5.41) is 4.31. The minimum absolute atomic E-state index is 0.00211. The molecule has 1 heterocycles. The standard InChI is InChI=1S/C44H28O/c1-3-11-29(12-4-1)31-19-21-32(22-20-31)43-37-15-7-9-17-39(37)44(40-18-10-8-16-38(40)43)34-24-26-36-35-25-23-33(30-13-5-2-6-14-30)27-41(35)45-42(36)28-34/h1-28H/i1D,2D,3D,4D,5D,6D,11D,12D,13D,14D,19D,20D,21D,22D. The van der Waals surface area contributed by atoms with Gasteiger partial charge in [-0.05, 0) is 90.3 Å². The molecular weight excluding hydrogens is 544 g/mol. The zero-order chi connectivity index (χ0) is 41.9. The molecule has 0 saturated carbocycles. The Morgan fingerprint density at radius 2 is 0.733 bits per heavy atom. The van der Waals surface area contributed by atoms with Gasteiger partial charge in [-0.15, -0.1) is 0 Å². The minimum Gasteiger partial charge on any atom is -0.456 e. The van der Waals surface area contributed by atoms with E-state index in [1.54, 1.807) is 18.2 Å². The van der Waals surface area contributed by atoms with E-state index in [1.807, 2.05) is 66.7 Å². The summed E-state index contributed by atoms with van der Waals surface area (Å²) in [6.45, 7) is 0. The summed E-state index contributed by atoms with van der Waals surface area (Å²) < 4.78 is 126. The average molecular weight is 587 g/mol. The predicted molar refractivity (Wildman–Crippen MR) is 190 cm³/mol. The molecule has 0 atom stereocenters. The fourth-order valence-corrected chi connectivity index (χ4v) is 6.13. The summed E-state index contributed by atoms with van der Waals surface area (Å²) in [6.07, 6.45) is 0. The molecule has 0 aliphatic carbocycles. The molecule has 1 heteroatoms. The maximum Gasteiger partial charge on any atom is 0.136 e. The lowest BCUT2D eigenvalue weighted by Crippen LogP contribution is -1.91. The first kappa shape index (κ1) is 15.2. The Bertz CT molecular complexity index is 3190. The number of furan rings is 1. The molecule has 45 heavy (non-hydrogen) atoms. The van der Waals surface area contributed by atoms with Gasteiger partial charge in [-0.25, -0.2) is 0 Å². The number of rotatable bonds is 4. The van der Waals surface area contributed by atoms with Crippen LogP contribution in [0.25, 0.3) is 88.0 Å². The summed E-state index contributed by atoms with van der Waals surface area (Å²) in [5.41, 5.74) is 2.72. The Labute approximate surface area is 281 Å². The maximum absolute atomic E-state index is 9.28. The summed E-state index contributed by atoms with van der Waals surface area (Å²) in [5.74, 6) is 0. The SMILES string of the molecule is [2H]c1c([2H])c([2H])c(-c2ccc3c(c2)oc2cc(-c4c5ccccc5c(-c5c([2H])c([2H])c(-c6c([2H])c([2H])c([2H])c([2H])c6[2H])c([2H])c5[2H])c5ccccc45)ccc23)c([2H])c1[2H]. The molecule has 0 spiro atoms. The maximum atomic E-state index is 9.28. The third kappa shape index (κ3) is 4.24. The highest BCUT2D eigenvalue weighted by Gasteiger charge is 2.18. The Morgan fingerprint density at radius 1 is 0.333 bits per heavy atom. The first-order chi connectivity index (χ1) is 28.1. The second kappa shape index (κ2) is 10.4. The number of hydrogen-bond donors (Lipinski definition) is 0. The average Bonchev–Trinajstić information content (AvgIpc) is 3.61. The van der Waals surface area contributed by atoms with Crippen LogP contribution >= 0.6 is 0 Å². The van der Waals surface area contributed by atoms with Crippen molar-refractivity contribution in [1.29, 1.82) is 0 Å². The molecule has 0 aliphatic rings. The van der Waals surface area contributed by atoms with Gasteiger partial charge in [-0.3, -0.25) is 0 Å². The van der Waals surface area contributed by atoms with Crippen molar-refractivity contribution < 1.29 is 23.6 Å². The van der Waals surface area contributed by atoms with E-state index in [4.69, 9.17) is 20.9 Å². The predicted octanol–water partition coefficient (Wildman–Crippen LogP) is 12.6. The van der Waals surface area contributed by atoms with E-state index in [0.29, 0.717) is 33.1 Å². The van der Waals surface area contributed by atoms with E-state index < -0.39 is 78.1 Å². The first-order valence-electron chi connectivity index (χ1n) is 21.3. The molecular formula is C44H28O. The van der Waals surface area contributed by atoms with Gasteiger partial charge in [-0.1, -0.05) is 145 Å². The van der Waals surface area contributed by atoms with Crippen LogP contribution in [0.15, 0.2) is 174 Å². The molecule has 8 aromatic carbocycles. The Kier molecular flexibility index (Phi) is 3.50. The molecule has 0 unspecified atom stereocenters. The van der Waals surface area contributed by atoms with Crippen LogP contribution in [-0.4, -0.2) is 0 Å². The van der Waals surface area contributed by atoms with Gasteiger partial charge < -0.3 is 4.42 Å². The van der Waals surface area contributed by atoms with Gasteiger partial charge in [-0.2, -0.15) is 0 Å². The smallest absolute Gasteiger partial charge is 0.136 e. The van der Waals surface area contributed by atoms with Gasteiger partial charge in [0.25, 0.3) is 0 Å². The molecule has 9 aromatic rings. The second-order valence-corrected chi connectivity index (χ2v) is 10.6. The normalized spacial score (nSPS) is 15.9. The molecule has 0 radical (unpaired) electrons. The number of benzene rings is 8. The largest absolute Gasteiger partial charge is 0.456 e. The van der Waals surface area contributed by atoms with E-state index in [2.05, 4.69) is 0 Å². The van der Waals surface area contributed by atoms with Crippen molar-refractivity contribution in [1.82, 2.24) is 0 Å². The molecule has 210 valence electrons. The van der Waals surface area contributed by atoms with Crippen molar-refractivity contribution in [2.24, 2.45) is 0 Å². The lowest BCUT2D eigenvalue weighted by molar-refractivity contribution is 0.669. The van der Waals surface area contributed by atoms with Gasteiger partial charge in [0.1, 0.15) is 11.2 Å². The topological polar surface area (TPSA) is 13.1 Å².